The summed E-state index contributed by atoms with van der Waals surface area (Å²) >= 11 is 0. The molecule has 0 spiro atoms. The van der Waals surface area contributed by atoms with Crippen molar-refractivity contribution in [1.29, 1.82) is 0 Å². The highest BCUT2D eigenvalue weighted by atomic mass is 16.5. The Kier molecular flexibility index (Phi) is 3.88. The van der Waals surface area contributed by atoms with Gasteiger partial charge in [0.15, 0.2) is 5.78 Å². The Morgan fingerprint density at radius 1 is 1.04 bits per heavy atom. The van der Waals surface area contributed by atoms with Crippen molar-refractivity contribution >= 4 is 5.78 Å². The maximum absolute atomic E-state index is 12.6. The summed E-state index contributed by atoms with van der Waals surface area (Å²) in [6, 6.07) is 16.2. The molecule has 0 radical (unpaired) electrons. The first-order valence-electron chi connectivity index (χ1n) is 8.47. The SMILES string of the molecule is COc1ccc(-n2ncc3c2C[C@H](c2ccc(C)cc2)CC3=O)cc1. The van der Waals surface area contributed by atoms with Crippen LogP contribution in [0.3, 0.4) is 0 Å². The second kappa shape index (κ2) is 6.20. The Morgan fingerprint density at radius 2 is 1.76 bits per heavy atom. The van der Waals surface area contributed by atoms with E-state index >= 15 is 0 Å². The Hall–Kier alpha value is -2.88. The highest BCUT2D eigenvalue weighted by Crippen LogP contribution is 2.34. The number of carbonyl (C=O) groups is 1. The number of ether oxygens (including phenoxy) is 1. The van der Waals surface area contributed by atoms with Crippen LogP contribution < -0.4 is 4.74 Å². The highest BCUT2D eigenvalue weighted by Gasteiger charge is 2.30. The summed E-state index contributed by atoms with van der Waals surface area (Å²) in [5.74, 6) is 1.18. The summed E-state index contributed by atoms with van der Waals surface area (Å²) in [6.45, 7) is 2.08. The third-order valence-corrected chi connectivity index (χ3v) is 4.91. The van der Waals surface area contributed by atoms with Gasteiger partial charge in [0.25, 0.3) is 0 Å². The molecule has 1 aromatic heterocycles. The minimum atomic E-state index is 0.173. The molecule has 1 aliphatic rings. The molecule has 0 saturated heterocycles. The molecule has 4 heteroatoms. The predicted molar refractivity (Wildman–Crippen MR) is 96.7 cm³/mol. The van der Waals surface area contributed by atoms with Gasteiger partial charge in [0.05, 0.1) is 30.3 Å². The van der Waals surface area contributed by atoms with Crippen LogP contribution in [0.2, 0.25) is 0 Å². The summed E-state index contributed by atoms with van der Waals surface area (Å²) in [4.78, 5) is 12.6. The van der Waals surface area contributed by atoms with Crippen LogP contribution >= 0.6 is 0 Å². The molecule has 0 bridgehead atoms. The molecule has 4 nitrogen and oxygen atoms in total. The van der Waals surface area contributed by atoms with Crippen LogP contribution in [0.1, 0.15) is 39.5 Å². The molecule has 1 heterocycles. The van der Waals surface area contributed by atoms with Gasteiger partial charge in [-0.15, -0.1) is 0 Å². The van der Waals surface area contributed by atoms with Crippen molar-refractivity contribution in [3.05, 3.63) is 77.1 Å². The van der Waals surface area contributed by atoms with E-state index in [4.69, 9.17) is 4.74 Å². The number of aromatic nitrogens is 2. The van der Waals surface area contributed by atoms with Crippen molar-refractivity contribution in [1.82, 2.24) is 9.78 Å². The van der Waals surface area contributed by atoms with Gasteiger partial charge < -0.3 is 4.74 Å². The molecule has 0 aliphatic heterocycles. The Morgan fingerprint density at radius 3 is 2.44 bits per heavy atom. The predicted octanol–water partition coefficient (Wildman–Crippen LogP) is 4.10. The molecule has 25 heavy (non-hydrogen) atoms. The second-order valence-electron chi connectivity index (χ2n) is 6.55. The zero-order valence-corrected chi connectivity index (χ0v) is 14.4. The van der Waals surface area contributed by atoms with E-state index in [9.17, 15) is 4.79 Å². The lowest BCUT2D eigenvalue weighted by molar-refractivity contribution is 0.0963. The highest BCUT2D eigenvalue weighted by molar-refractivity contribution is 5.98. The van der Waals surface area contributed by atoms with Gasteiger partial charge in [-0.25, -0.2) is 4.68 Å². The molecule has 1 aliphatic carbocycles. The average molecular weight is 332 g/mol. The number of fused-ring (bicyclic) bond motifs is 1. The van der Waals surface area contributed by atoms with E-state index in [-0.39, 0.29) is 11.7 Å². The number of hydrogen-bond donors (Lipinski definition) is 0. The van der Waals surface area contributed by atoms with Gasteiger partial charge >= 0.3 is 0 Å². The van der Waals surface area contributed by atoms with E-state index in [2.05, 4.69) is 36.3 Å². The molecule has 1 atom stereocenters. The molecular weight excluding hydrogens is 312 g/mol. The fourth-order valence-corrected chi connectivity index (χ4v) is 3.46. The van der Waals surface area contributed by atoms with Crippen molar-refractivity contribution in [2.24, 2.45) is 0 Å². The molecular formula is C21H20N2O2. The van der Waals surface area contributed by atoms with Crippen LogP contribution in [-0.2, 0) is 6.42 Å². The summed E-state index contributed by atoms with van der Waals surface area (Å²) in [6.07, 6.45) is 3.06. The van der Waals surface area contributed by atoms with Gasteiger partial charge in [-0.1, -0.05) is 29.8 Å². The van der Waals surface area contributed by atoms with E-state index in [0.717, 1.165) is 29.1 Å². The Bertz CT molecular complexity index is 908. The minimum Gasteiger partial charge on any atom is -0.497 e. The number of methoxy groups -OCH3 is 1. The van der Waals surface area contributed by atoms with Crippen molar-refractivity contribution < 1.29 is 9.53 Å². The number of rotatable bonds is 3. The van der Waals surface area contributed by atoms with Crippen molar-refractivity contribution in [2.45, 2.75) is 25.7 Å². The quantitative estimate of drug-likeness (QED) is 0.725. The zero-order valence-electron chi connectivity index (χ0n) is 14.4. The van der Waals surface area contributed by atoms with Gasteiger partial charge in [-0.2, -0.15) is 5.10 Å². The molecule has 126 valence electrons. The van der Waals surface area contributed by atoms with Gasteiger partial charge in [-0.05, 0) is 49.1 Å². The average Bonchev–Trinajstić information content (AvgIpc) is 3.07. The summed E-state index contributed by atoms with van der Waals surface area (Å²) in [5, 5.41) is 4.47. The first kappa shape index (κ1) is 15.6. The number of nitrogens with zero attached hydrogens (tertiary/aromatic N) is 2. The maximum atomic E-state index is 12.6. The van der Waals surface area contributed by atoms with Crippen LogP contribution in [0.5, 0.6) is 5.75 Å². The summed E-state index contributed by atoms with van der Waals surface area (Å²) in [7, 11) is 1.65. The topological polar surface area (TPSA) is 44.1 Å². The number of hydrogen-bond acceptors (Lipinski definition) is 3. The van der Waals surface area contributed by atoms with E-state index in [1.807, 2.05) is 28.9 Å². The molecule has 3 aromatic rings. The summed E-state index contributed by atoms with van der Waals surface area (Å²) < 4.78 is 7.10. The standard InChI is InChI=1S/C21H20N2O2/c1-14-3-5-15(6-4-14)16-11-20-19(21(24)12-16)13-22-23(20)17-7-9-18(25-2)10-8-17/h3-10,13,16H,11-12H2,1-2H3/t16-/m0/s1. The number of ketones is 1. The first-order chi connectivity index (χ1) is 12.2. The zero-order chi connectivity index (χ0) is 17.4. The lowest BCUT2D eigenvalue weighted by Crippen LogP contribution is -2.20. The van der Waals surface area contributed by atoms with Crippen molar-refractivity contribution in [3.63, 3.8) is 0 Å². The normalized spacial score (nSPS) is 16.6. The molecule has 0 saturated carbocycles. The number of carbonyl (C=O) groups excluding carboxylic acids is 1. The van der Waals surface area contributed by atoms with Gasteiger partial charge in [0, 0.05) is 6.42 Å². The van der Waals surface area contributed by atoms with Crippen LogP contribution in [-0.4, -0.2) is 22.7 Å². The molecule has 0 amide bonds. The largest absolute Gasteiger partial charge is 0.497 e. The molecule has 0 unspecified atom stereocenters. The van der Waals surface area contributed by atoms with E-state index < -0.39 is 0 Å². The monoisotopic (exact) mass is 332 g/mol. The van der Waals surface area contributed by atoms with Crippen LogP contribution in [0.25, 0.3) is 5.69 Å². The Balaban J connectivity index is 1.70. The van der Waals surface area contributed by atoms with Crippen LogP contribution in [0.15, 0.2) is 54.7 Å². The molecule has 0 N–H and O–H groups in total. The Labute approximate surface area is 147 Å². The lowest BCUT2D eigenvalue weighted by Gasteiger charge is -2.23. The van der Waals surface area contributed by atoms with E-state index in [1.165, 1.54) is 11.1 Å². The minimum absolute atomic E-state index is 0.173. The number of aryl methyl sites for hydroxylation is 1. The fourth-order valence-electron chi connectivity index (χ4n) is 3.46. The van der Waals surface area contributed by atoms with Crippen LogP contribution in [0.4, 0.5) is 0 Å². The van der Waals surface area contributed by atoms with Crippen molar-refractivity contribution in [3.8, 4) is 11.4 Å². The third kappa shape index (κ3) is 2.84. The van der Waals surface area contributed by atoms with Gasteiger partial charge in [0.1, 0.15) is 5.75 Å². The van der Waals surface area contributed by atoms with Crippen LogP contribution in [0, 0.1) is 6.92 Å². The smallest absolute Gasteiger partial charge is 0.166 e. The van der Waals surface area contributed by atoms with Gasteiger partial charge in [-0.3, -0.25) is 4.79 Å². The lowest BCUT2D eigenvalue weighted by atomic mass is 9.82. The first-order valence-corrected chi connectivity index (χ1v) is 8.47. The number of benzene rings is 2. The third-order valence-electron chi connectivity index (χ3n) is 4.91. The van der Waals surface area contributed by atoms with Crippen molar-refractivity contribution in [2.75, 3.05) is 7.11 Å². The van der Waals surface area contributed by atoms with E-state index in [1.54, 1.807) is 13.3 Å². The number of Topliss-reactive ketones (excluding diaryl/α,β-unsaturated/α-hetero) is 1. The molecule has 0 fully saturated rings. The maximum Gasteiger partial charge on any atom is 0.166 e. The molecule has 4 rings (SSSR count). The van der Waals surface area contributed by atoms with E-state index in [0.29, 0.717) is 6.42 Å². The van der Waals surface area contributed by atoms with Gasteiger partial charge in [0.2, 0.25) is 0 Å². The molecule has 2 aromatic carbocycles. The summed E-state index contributed by atoms with van der Waals surface area (Å²) in [5.41, 5.74) is 5.13. The second-order valence-corrected chi connectivity index (χ2v) is 6.55. The fraction of sp³-hybridized carbons (Fsp3) is 0.238.